The van der Waals surface area contributed by atoms with Gasteiger partial charge in [-0.3, -0.25) is 0 Å². The van der Waals surface area contributed by atoms with Gasteiger partial charge in [-0.1, -0.05) is 0 Å². The van der Waals surface area contributed by atoms with Gasteiger partial charge in [0, 0.05) is 18.1 Å². The van der Waals surface area contributed by atoms with Crippen molar-refractivity contribution in [1.29, 1.82) is 0 Å². The minimum atomic E-state index is -0.407. The maximum Gasteiger partial charge on any atom is 0.410 e. The van der Waals surface area contributed by atoms with Crippen molar-refractivity contribution in [3.05, 3.63) is 0 Å². The number of ether oxygens (including phenoxy) is 1. The Morgan fingerprint density at radius 3 is 2.29 bits per heavy atom. The molecular weight excluding hydrogens is 216 g/mol. The molecule has 0 aromatic heterocycles. The minimum absolute atomic E-state index is 0.0609. The summed E-state index contributed by atoms with van der Waals surface area (Å²) >= 11 is 0. The molecule has 4 heteroatoms. The van der Waals surface area contributed by atoms with Gasteiger partial charge in [0.15, 0.2) is 0 Å². The van der Waals surface area contributed by atoms with Crippen molar-refractivity contribution in [2.24, 2.45) is 0 Å². The van der Waals surface area contributed by atoms with Crippen LogP contribution in [0.3, 0.4) is 0 Å². The first-order chi connectivity index (χ1) is 7.64. The molecule has 0 spiro atoms. The summed E-state index contributed by atoms with van der Waals surface area (Å²) in [5.41, 5.74) is -0.346. The topological polar surface area (TPSA) is 41.6 Å². The van der Waals surface area contributed by atoms with Gasteiger partial charge in [0.25, 0.3) is 0 Å². The fourth-order valence-electron chi connectivity index (χ4n) is 1.91. The van der Waals surface area contributed by atoms with E-state index in [-0.39, 0.29) is 11.6 Å². The Morgan fingerprint density at radius 2 is 1.94 bits per heavy atom. The molecule has 17 heavy (non-hydrogen) atoms. The molecule has 0 radical (unpaired) electrons. The maximum atomic E-state index is 11.9. The zero-order valence-electron chi connectivity index (χ0n) is 12.0. The Bertz CT molecular complexity index is 282. The van der Waals surface area contributed by atoms with E-state index in [0.29, 0.717) is 6.04 Å². The fourth-order valence-corrected chi connectivity index (χ4v) is 1.91. The van der Waals surface area contributed by atoms with Gasteiger partial charge in [0.1, 0.15) is 5.60 Å². The van der Waals surface area contributed by atoms with Crippen molar-refractivity contribution in [3.8, 4) is 0 Å². The van der Waals surface area contributed by atoms with Crippen LogP contribution in [0.1, 0.15) is 47.5 Å². The lowest BCUT2D eigenvalue weighted by atomic mass is 9.89. The van der Waals surface area contributed by atoms with Crippen LogP contribution in [-0.4, -0.2) is 41.8 Å². The monoisotopic (exact) mass is 242 g/mol. The van der Waals surface area contributed by atoms with Gasteiger partial charge in [0.05, 0.1) is 0 Å². The zero-order valence-corrected chi connectivity index (χ0v) is 12.0. The Balaban J connectivity index is 2.49. The molecule has 1 aliphatic rings. The molecule has 1 fully saturated rings. The molecule has 1 N–H and O–H groups in total. The van der Waals surface area contributed by atoms with Gasteiger partial charge in [-0.05, 0) is 54.5 Å². The number of rotatable bonds is 3. The predicted molar refractivity (Wildman–Crippen MR) is 69.1 cm³/mol. The number of hydrogen-bond donors (Lipinski definition) is 1. The van der Waals surface area contributed by atoms with Gasteiger partial charge in [-0.25, -0.2) is 4.79 Å². The maximum absolute atomic E-state index is 11.9. The van der Waals surface area contributed by atoms with Gasteiger partial charge in [-0.2, -0.15) is 0 Å². The molecule has 0 bridgehead atoms. The number of nitrogens with one attached hydrogen (secondary N) is 1. The smallest absolute Gasteiger partial charge is 0.410 e. The second-order valence-electron chi connectivity index (χ2n) is 6.45. The van der Waals surface area contributed by atoms with Crippen molar-refractivity contribution in [2.75, 3.05) is 13.6 Å². The van der Waals surface area contributed by atoms with E-state index in [1.165, 1.54) is 0 Å². The molecule has 0 aromatic carbocycles. The van der Waals surface area contributed by atoms with Crippen LogP contribution in [0.4, 0.5) is 4.79 Å². The van der Waals surface area contributed by atoms with Crippen LogP contribution in [0.5, 0.6) is 0 Å². The third-order valence-corrected chi connectivity index (χ3v) is 3.19. The summed E-state index contributed by atoms with van der Waals surface area (Å²) < 4.78 is 5.39. The van der Waals surface area contributed by atoms with Crippen molar-refractivity contribution >= 4 is 6.09 Å². The molecule has 1 aliphatic heterocycles. The second kappa shape index (κ2) is 4.84. The summed E-state index contributed by atoms with van der Waals surface area (Å²) in [6, 6.07) is 0.312. The van der Waals surface area contributed by atoms with Crippen LogP contribution in [0, 0.1) is 0 Å². The number of amides is 1. The first kappa shape index (κ1) is 14.3. The lowest BCUT2D eigenvalue weighted by Gasteiger charge is -2.44. The van der Waals surface area contributed by atoms with E-state index in [2.05, 4.69) is 19.2 Å². The number of hydrogen-bond acceptors (Lipinski definition) is 3. The lowest BCUT2D eigenvalue weighted by Crippen LogP contribution is -2.56. The summed E-state index contributed by atoms with van der Waals surface area (Å²) in [6.45, 7) is 10.8. The van der Waals surface area contributed by atoms with E-state index in [1.807, 2.05) is 32.7 Å². The highest BCUT2D eigenvalue weighted by molar-refractivity contribution is 5.69. The highest BCUT2D eigenvalue weighted by Crippen LogP contribution is 2.27. The normalized spacial score (nSPS) is 21.1. The molecule has 1 heterocycles. The van der Waals surface area contributed by atoms with Gasteiger partial charge >= 0.3 is 6.09 Å². The van der Waals surface area contributed by atoms with E-state index < -0.39 is 5.60 Å². The average Bonchev–Trinajstić information content (AvgIpc) is 2.09. The highest BCUT2D eigenvalue weighted by Gasteiger charge is 2.37. The van der Waals surface area contributed by atoms with Gasteiger partial charge in [-0.15, -0.1) is 0 Å². The summed E-state index contributed by atoms with van der Waals surface area (Å²) in [5, 5.41) is 3.27. The van der Waals surface area contributed by atoms with Crippen molar-refractivity contribution in [2.45, 2.75) is 64.6 Å². The Kier molecular flexibility index (Phi) is 4.07. The first-order valence-electron chi connectivity index (χ1n) is 6.33. The van der Waals surface area contributed by atoms with Crippen LogP contribution in [-0.2, 0) is 4.74 Å². The molecule has 4 nitrogen and oxygen atoms in total. The molecule has 0 saturated carbocycles. The average molecular weight is 242 g/mol. The van der Waals surface area contributed by atoms with E-state index in [0.717, 1.165) is 19.4 Å². The summed E-state index contributed by atoms with van der Waals surface area (Å²) in [7, 11) is 1.95. The van der Waals surface area contributed by atoms with Gasteiger partial charge in [0.2, 0.25) is 0 Å². The molecule has 1 atom stereocenters. The van der Waals surface area contributed by atoms with E-state index in [1.54, 1.807) is 0 Å². The Hall–Kier alpha value is -0.770. The molecule has 0 aromatic rings. The van der Waals surface area contributed by atoms with Gasteiger partial charge < -0.3 is 15.0 Å². The molecule has 1 unspecified atom stereocenters. The predicted octanol–water partition coefficient (Wildman–Crippen LogP) is 2.38. The van der Waals surface area contributed by atoms with Crippen LogP contribution in [0.15, 0.2) is 0 Å². The van der Waals surface area contributed by atoms with Crippen molar-refractivity contribution in [3.63, 3.8) is 0 Å². The Labute approximate surface area is 105 Å². The standard InChI is InChI=1S/C13H26N2O2/c1-12(2,3)17-11(16)15-8-7-10(15)9-13(4,5)14-6/h10,14H,7-9H2,1-6H3. The van der Waals surface area contributed by atoms with Crippen molar-refractivity contribution in [1.82, 2.24) is 10.2 Å². The first-order valence-corrected chi connectivity index (χ1v) is 6.33. The largest absolute Gasteiger partial charge is 0.444 e. The molecule has 1 saturated heterocycles. The molecule has 1 rings (SSSR count). The van der Waals surface area contributed by atoms with Crippen LogP contribution in [0.25, 0.3) is 0 Å². The number of likely N-dealkylation sites (tertiary alicyclic amines) is 1. The Morgan fingerprint density at radius 1 is 1.35 bits per heavy atom. The third kappa shape index (κ3) is 4.19. The highest BCUT2D eigenvalue weighted by atomic mass is 16.6. The zero-order chi connectivity index (χ0) is 13.3. The summed E-state index contributed by atoms with van der Waals surface area (Å²) in [4.78, 5) is 13.7. The van der Waals surface area contributed by atoms with Crippen LogP contribution < -0.4 is 5.32 Å². The number of carbonyl (C=O) groups is 1. The minimum Gasteiger partial charge on any atom is -0.444 e. The van der Waals surface area contributed by atoms with Crippen LogP contribution in [0.2, 0.25) is 0 Å². The molecule has 100 valence electrons. The third-order valence-electron chi connectivity index (χ3n) is 3.19. The lowest BCUT2D eigenvalue weighted by molar-refractivity contribution is -0.0106. The number of nitrogens with zero attached hydrogens (tertiary/aromatic N) is 1. The SMILES string of the molecule is CNC(C)(C)CC1CCN1C(=O)OC(C)(C)C. The molecular formula is C13H26N2O2. The number of carbonyl (C=O) groups excluding carboxylic acids is 1. The van der Waals surface area contributed by atoms with Crippen molar-refractivity contribution < 1.29 is 9.53 Å². The van der Waals surface area contributed by atoms with E-state index in [4.69, 9.17) is 4.74 Å². The quantitative estimate of drug-likeness (QED) is 0.826. The van der Waals surface area contributed by atoms with Crippen LogP contribution >= 0.6 is 0 Å². The summed E-state index contributed by atoms with van der Waals surface area (Å²) in [6.07, 6.45) is 1.85. The molecule has 1 amide bonds. The molecule has 0 aliphatic carbocycles. The van der Waals surface area contributed by atoms with E-state index >= 15 is 0 Å². The van der Waals surface area contributed by atoms with E-state index in [9.17, 15) is 4.79 Å². The fraction of sp³-hybridized carbons (Fsp3) is 0.923. The summed E-state index contributed by atoms with van der Waals surface area (Å²) in [5.74, 6) is 0. The second-order valence-corrected chi connectivity index (χ2v) is 6.45.